The molecule has 0 spiro atoms. The molecule has 1 aromatic carbocycles. The van der Waals surface area contributed by atoms with Gasteiger partial charge in [0.05, 0.1) is 25.2 Å². The van der Waals surface area contributed by atoms with Gasteiger partial charge in [-0.3, -0.25) is 19.3 Å². The Morgan fingerprint density at radius 1 is 1.11 bits per heavy atom. The van der Waals surface area contributed by atoms with E-state index < -0.39 is 42.7 Å². The molecule has 0 aliphatic carbocycles. The summed E-state index contributed by atoms with van der Waals surface area (Å²) in [6, 6.07) is 4.19. The molecule has 2 fully saturated rings. The molecule has 3 N–H and O–H groups in total. The molecule has 3 aliphatic rings. The van der Waals surface area contributed by atoms with Gasteiger partial charge < -0.3 is 25.6 Å². The molecule has 0 bridgehead atoms. The highest BCUT2D eigenvalue weighted by Gasteiger charge is 2.46. The summed E-state index contributed by atoms with van der Waals surface area (Å²) in [7, 11) is 1.57. The van der Waals surface area contributed by atoms with E-state index in [1.807, 2.05) is 24.3 Å². The number of carbonyl (C=O) groups is 3. The van der Waals surface area contributed by atoms with Crippen LogP contribution in [-0.2, 0) is 14.4 Å². The molecule has 3 amide bonds. The normalized spacial score (nSPS) is 27.3. The average Bonchev–Trinajstić information content (AvgIpc) is 3.28. The first-order valence-corrected chi connectivity index (χ1v) is 12.7. The number of para-hydroxylation sites is 1. The molecule has 0 aromatic heterocycles. The van der Waals surface area contributed by atoms with E-state index in [0.29, 0.717) is 38.0 Å². The van der Waals surface area contributed by atoms with Crippen molar-refractivity contribution >= 4 is 17.7 Å². The van der Waals surface area contributed by atoms with Crippen molar-refractivity contribution in [3.05, 3.63) is 29.8 Å². The maximum absolute atomic E-state index is 13.7. The summed E-state index contributed by atoms with van der Waals surface area (Å²) in [5.74, 6) is -0.627. The molecule has 1 aromatic rings. The third-order valence-electron chi connectivity index (χ3n) is 7.40. The van der Waals surface area contributed by atoms with Crippen molar-refractivity contribution < 1.29 is 32.3 Å². The summed E-state index contributed by atoms with van der Waals surface area (Å²) >= 11 is 0. The lowest BCUT2D eigenvalue weighted by Gasteiger charge is -2.39. The fourth-order valence-corrected chi connectivity index (χ4v) is 5.39. The van der Waals surface area contributed by atoms with E-state index >= 15 is 0 Å². The molecule has 2 saturated heterocycles. The molecular weight excluding hydrogens is 491 g/mol. The topological polar surface area (TPSA) is 103 Å². The lowest BCUT2D eigenvalue weighted by Crippen LogP contribution is -2.62. The number of nitrogens with one attached hydrogen (secondary N) is 3. The second kappa shape index (κ2) is 11.3. The van der Waals surface area contributed by atoms with Crippen molar-refractivity contribution in [3.8, 4) is 5.75 Å². The Hall–Kier alpha value is -2.86. The van der Waals surface area contributed by atoms with Crippen molar-refractivity contribution in [1.82, 2.24) is 25.8 Å². The SMILES string of the molecule is CNC(C)C(=O)N[C@H]1CN(CC(F)(F)F)CC[C@H]2CC[C@@H](C(=O)NC3CCOc4ccccc43)N2C1=O. The molecule has 204 valence electrons. The van der Waals surface area contributed by atoms with Crippen molar-refractivity contribution in [2.75, 3.05) is 33.3 Å². The molecule has 4 rings (SSSR count). The molecule has 3 heterocycles. The number of carbonyl (C=O) groups excluding carboxylic acids is 3. The summed E-state index contributed by atoms with van der Waals surface area (Å²) in [5, 5.41) is 8.45. The Kier molecular flexibility index (Phi) is 8.27. The van der Waals surface area contributed by atoms with Gasteiger partial charge in [0.2, 0.25) is 17.7 Å². The monoisotopic (exact) mass is 525 g/mol. The molecular formula is C25H34F3N5O4. The minimum atomic E-state index is -4.44. The average molecular weight is 526 g/mol. The first kappa shape index (κ1) is 27.2. The van der Waals surface area contributed by atoms with Crippen molar-refractivity contribution in [1.29, 1.82) is 0 Å². The van der Waals surface area contributed by atoms with Crippen LogP contribution < -0.4 is 20.7 Å². The van der Waals surface area contributed by atoms with Gasteiger partial charge in [0, 0.05) is 31.1 Å². The number of amides is 3. The highest BCUT2D eigenvalue weighted by molar-refractivity contribution is 5.94. The van der Waals surface area contributed by atoms with E-state index in [0.717, 1.165) is 10.5 Å². The lowest BCUT2D eigenvalue weighted by atomic mass is 10.00. The van der Waals surface area contributed by atoms with Gasteiger partial charge in [-0.1, -0.05) is 18.2 Å². The summed E-state index contributed by atoms with van der Waals surface area (Å²) in [6.45, 7) is 0.685. The van der Waals surface area contributed by atoms with Gasteiger partial charge in [-0.25, -0.2) is 0 Å². The van der Waals surface area contributed by atoms with Crippen LogP contribution in [0.25, 0.3) is 0 Å². The summed E-state index contributed by atoms with van der Waals surface area (Å²) < 4.78 is 45.3. The first-order chi connectivity index (χ1) is 17.6. The van der Waals surface area contributed by atoms with Crippen LogP contribution in [0.5, 0.6) is 5.75 Å². The van der Waals surface area contributed by atoms with Crippen LogP contribution in [0, 0.1) is 0 Å². The van der Waals surface area contributed by atoms with Gasteiger partial charge in [0.15, 0.2) is 0 Å². The highest BCUT2D eigenvalue weighted by Crippen LogP contribution is 2.34. The second-order valence-electron chi connectivity index (χ2n) is 9.94. The predicted molar refractivity (Wildman–Crippen MR) is 129 cm³/mol. The van der Waals surface area contributed by atoms with E-state index in [-0.39, 0.29) is 31.1 Å². The van der Waals surface area contributed by atoms with E-state index in [9.17, 15) is 27.6 Å². The Bertz CT molecular complexity index is 1010. The van der Waals surface area contributed by atoms with Crippen LogP contribution in [0.3, 0.4) is 0 Å². The lowest BCUT2D eigenvalue weighted by molar-refractivity contribution is -0.155. The van der Waals surface area contributed by atoms with Gasteiger partial charge in [0.1, 0.15) is 17.8 Å². The second-order valence-corrected chi connectivity index (χ2v) is 9.94. The number of halogens is 3. The van der Waals surface area contributed by atoms with Gasteiger partial charge in [-0.05, 0) is 39.3 Å². The van der Waals surface area contributed by atoms with Crippen LogP contribution in [-0.4, -0.2) is 91.2 Å². The summed E-state index contributed by atoms with van der Waals surface area (Å²) in [5.41, 5.74) is 0.865. The fraction of sp³-hybridized carbons (Fsp3) is 0.640. The van der Waals surface area contributed by atoms with Gasteiger partial charge in [-0.2, -0.15) is 13.2 Å². The first-order valence-electron chi connectivity index (χ1n) is 12.7. The molecule has 9 nitrogen and oxygen atoms in total. The third kappa shape index (κ3) is 6.35. The zero-order valence-corrected chi connectivity index (χ0v) is 21.0. The Balaban J connectivity index is 1.54. The maximum atomic E-state index is 13.7. The predicted octanol–water partition coefficient (Wildman–Crippen LogP) is 1.35. The molecule has 2 unspecified atom stereocenters. The van der Waals surface area contributed by atoms with Gasteiger partial charge in [0.25, 0.3) is 0 Å². The number of alkyl halides is 3. The van der Waals surface area contributed by atoms with E-state index in [1.165, 1.54) is 4.90 Å². The Morgan fingerprint density at radius 2 is 1.86 bits per heavy atom. The molecule has 0 saturated carbocycles. The number of hydrogen-bond acceptors (Lipinski definition) is 6. The van der Waals surface area contributed by atoms with Crippen molar-refractivity contribution in [2.45, 2.75) is 69.0 Å². The zero-order valence-electron chi connectivity index (χ0n) is 21.0. The smallest absolute Gasteiger partial charge is 0.401 e. The third-order valence-corrected chi connectivity index (χ3v) is 7.40. The number of benzene rings is 1. The van der Waals surface area contributed by atoms with E-state index in [1.54, 1.807) is 14.0 Å². The number of fused-ring (bicyclic) bond motifs is 2. The van der Waals surface area contributed by atoms with Crippen LogP contribution in [0.1, 0.15) is 44.2 Å². The van der Waals surface area contributed by atoms with Crippen LogP contribution in [0.4, 0.5) is 13.2 Å². The summed E-state index contributed by atoms with van der Waals surface area (Å²) in [4.78, 5) is 42.4. The minimum absolute atomic E-state index is 0.101. The zero-order chi connectivity index (χ0) is 26.7. The van der Waals surface area contributed by atoms with Crippen LogP contribution >= 0.6 is 0 Å². The van der Waals surface area contributed by atoms with Gasteiger partial charge >= 0.3 is 6.18 Å². The summed E-state index contributed by atoms with van der Waals surface area (Å²) in [6.07, 6.45) is -2.63. The molecule has 12 heteroatoms. The number of hydrogen-bond donors (Lipinski definition) is 3. The number of likely N-dealkylation sites (N-methyl/N-ethyl adjacent to an activating group) is 1. The standard InChI is InChI=1S/C25H34F3N5O4/c1-15(29-2)22(34)31-19-13-32(14-25(26,27)28)11-9-16-7-8-20(33(16)24(19)36)23(35)30-18-10-12-37-21-6-4-3-5-17(18)21/h3-6,15-16,18-20,29H,7-14H2,1-2H3,(H,30,35)(H,31,34)/t15?,16-,18?,19+,20+/m1/s1. The maximum Gasteiger partial charge on any atom is 0.401 e. The highest BCUT2D eigenvalue weighted by atomic mass is 19.4. The molecule has 3 aliphatic heterocycles. The Labute approximate surface area is 214 Å². The molecule has 5 atom stereocenters. The van der Waals surface area contributed by atoms with E-state index in [2.05, 4.69) is 16.0 Å². The minimum Gasteiger partial charge on any atom is -0.493 e. The Morgan fingerprint density at radius 3 is 2.59 bits per heavy atom. The van der Waals surface area contributed by atoms with Crippen LogP contribution in [0.15, 0.2) is 24.3 Å². The number of rotatable bonds is 6. The number of nitrogens with zero attached hydrogens (tertiary/aromatic N) is 2. The fourth-order valence-electron chi connectivity index (χ4n) is 5.39. The van der Waals surface area contributed by atoms with Gasteiger partial charge in [-0.15, -0.1) is 0 Å². The van der Waals surface area contributed by atoms with Crippen LogP contribution in [0.2, 0.25) is 0 Å². The quantitative estimate of drug-likeness (QED) is 0.518. The largest absolute Gasteiger partial charge is 0.493 e. The van der Waals surface area contributed by atoms with Crippen molar-refractivity contribution in [3.63, 3.8) is 0 Å². The molecule has 0 radical (unpaired) electrons. The van der Waals surface area contributed by atoms with Crippen molar-refractivity contribution in [2.24, 2.45) is 0 Å². The molecule has 37 heavy (non-hydrogen) atoms. The number of ether oxygens (including phenoxy) is 1. The van der Waals surface area contributed by atoms with E-state index in [4.69, 9.17) is 4.74 Å².